The first kappa shape index (κ1) is 13.9. The second-order valence-electron chi connectivity index (χ2n) is 4.27. The normalized spacial score (nSPS) is 10.6. The lowest BCUT2D eigenvalue weighted by Gasteiger charge is -2.08. The molecular weight excluding hydrogens is 262 g/mol. The van der Waals surface area contributed by atoms with Gasteiger partial charge < -0.3 is 15.0 Å². The summed E-state index contributed by atoms with van der Waals surface area (Å²) in [4.78, 5) is 10.5. The van der Waals surface area contributed by atoms with Crippen LogP contribution in [0.15, 0.2) is 18.2 Å². The topological polar surface area (TPSA) is 109 Å². The Morgan fingerprint density at radius 1 is 1.45 bits per heavy atom. The van der Waals surface area contributed by atoms with Crippen molar-refractivity contribution in [1.82, 2.24) is 14.8 Å². The van der Waals surface area contributed by atoms with Crippen LogP contribution >= 0.6 is 0 Å². The van der Waals surface area contributed by atoms with Crippen molar-refractivity contribution in [2.45, 2.75) is 20.1 Å². The molecule has 20 heavy (non-hydrogen) atoms. The Balaban J connectivity index is 2.23. The molecular formula is C12H15N5O3. The smallest absolute Gasteiger partial charge is 0.310 e. The second kappa shape index (κ2) is 5.66. The number of aromatic nitrogens is 3. The number of nitrogens with zero attached hydrogens (tertiary/aromatic N) is 4. The van der Waals surface area contributed by atoms with E-state index in [0.29, 0.717) is 5.82 Å². The standard InChI is InChI=1S/C12H15N5O3/c1-8-14-15-12(16(8)2)7-20-11-5-9(6-13)3-4-10(11)17(18)19/h3-5H,6-7,13H2,1-2H3. The Morgan fingerprint density at radius 2 is 2.20 bits per heavy atom. The summed E-state index contributed by atoms with van der Waals surface area (Å²) >= 11 is 0. The number of nitro benzene ring substituents is 1. The highest BCUT2D eigenvalue weighted by atomic mass is 16.6. The predicted molar refractivity (Wildman–Crippen MR) is 71.1 cm³/mol. The zero-order valence-electron chi connectivity index (χ0n) is 11.2. The number of nitro groups is 1. The molecule has 2 rings (SSSR count). The van der Waals surface area contributed by atoms with E-state index >= 15 is 0 Å². The van der Waals surface area contributed by atoms with Gasteiger partial charge in [0.1, 0.15) is 12.4 Å². The van der Waals surface area contributed by atoms with Gasteiger partial charge in [-0.3, -0.25) is 10.1 Å². The van der Waals surface area contributed by atoms with Gasteiger partial charge in [-0.1, -0.05) is 6.07 Å². The predicted octanol–water partition coefficient (Wildman–Crippen LogP) is 1.07. The van der Waals surface area contributed by atoms with Crippen LogP contribution in [0.25, 0.3) is 0 Å². The lowest BCUT2D eigenvalue weighted by Crippen LogP contribution is -2.06. The Morgan fingerprint density at radius 3 is 2.75 bits per heavy atom. The maximum absolute atomic E-state index is 11.0. The van der Waals surface area contributed by atoms with E-state index in [4.69, 9.17) is 10.5 Å². The van der Waals surface area contributed by atoms with Gasteiger partial charge in [0, 0.05) is 19.7 Å². The fourth-order valence-electron chi connectivity index (χ4n) is 1.67. The van der Waals surface area contributed by atoms with Gasteiger partial charge in [-0.15, -0.1) is 10.2 Å². The molecule has 2 N–H and O–H groups in total. The van der Waals surface area contributed by atoms with Crippen molar-refractivity contribution in [3.63, 3.8) is 0 Å². The summed E-state index contributed by atoms with van der Waals surface area (Å²) in [5, 5.41) is 18.8. The highest BCUT2D eigenvalue weighted by Gasteiger charge is 2.16. The first-order chi connectivity index (χ1) is 9.52. The lowest BCUT2D eigenvalue weighted by atomic mass is 10.2. The fraction of sp³-hybridized carbons (Fsp3) is 0.333. The second-order valence-corrected chi connectivity index (χ2v) is 4.27. The number of rotatable bonds is 5. The van der Waals surface area contributed by atoms with Crippen molar-refractivity contribution in [3.05, 3.63) is 45.5 Å². The molecule has 0 bridgehead atoms. The number of hydrogen-bond acceptors (Lipinski definition) is 6. The largest absolute Gasteiger partial charge is 0.479 e. The van der Waals surface area contributed by atoms with Gasteiger partial charge in [0.2, 0.25) is 0 Å². The zero-order chi connectivity index (χ0) is 14.7. The molecule has 0 fully saturated rings. The molecule has 0 saturated heterocycles. The molecule has 2 aromatic rings. The van der Waals surface area contributed by atoms with Crippen molar-refractivity contribution in [3.8, 4) is 5.75 Å². The molecule has 0 spiro atoms. The van der Waals surface area contributed by atoms with Crippen molar-refractivity contribution in [2.24, 2.45) is 12.8 Å². The highest BCUT2D eigenvalue weighted by molar-refractivity contribution is 5.48. The quantitative estimate of drug-likeness (QED) is 0.646. The van der Waals surface area contributed by atoms with E-state index in [1.807, 2.05) is 6.92 Å². The third-order valence-electron chi connectivity index (χ3n) is 3.00. The first-order valence-electron chi connectivity index (χ1n) is 5.98. The summed E-state index contributed by atoms with van der Waals surface area (Å²) in [7, 11) is 1.80. The minimum absolute atomic E-state index is 0.0962. The molecule has 0 aliphatic rings. The molecule has 0 radical (unpaired) electrons. The van der Waals surface area contributed by atoms with Crippen LogP contribution in [0, 0.1) is 17.0 Å². The van der Waals surface area contributed by atoms with E-state index < -0.39 is 4.92 Å². The van der Waals surface area contributed by atoms with E-state index in [1.54, 1.807) is 23.7 Å². The molecule has 0 atom stereocenters. The number of hydrogen-bond donors (Lipinski definition) is 1. The monoisotopic (exact) mass is 277 g/mol. The van der Waals surface area contributed by atoms with E-state index in [1.165, 1.54) is 6.07 Å². The average molecular weight is 277 g/mol. The number of benzene rings is 1. The maximum atomic E-state index is 11.0. The summed E-state index contributed by atoms with van der Waals surface area (Å²) < 4.78 is 7.26. The van der Waals surface area contributed by atoms with Gasteiger partial charge in [-0.2, -0.15) is 0 Å². The number of ether oxygens (including phenoxy) is 1. The van der Waals surface area contributed by atoms with E-state index in [9.17, 15) is 10.1 Å². The summed E-state index contributed by atoms with van der Waals surface area (Å²) in [6.07, 6.45) is 0. The van der Waals surface area contributed by atoms with Crippen LogP contribution in [0.4, 0.5) is 5.69 Å². The van der Waals surface area contributed by atoms with Gasteiger partial charge in [0.15, 0.2) is 11.6 Å². The summed E-state index contributed by atoms with van der Waals surface area (Å²) in [5.41, 5.74) is 6.20. The molecule has 1 aromatic carbocycles. The number of aryl methyl sites for hydroxylation is 1. The van der Waals surface area contributed by atoms with E-state index in [-0.39, 0.29) is 24.6 Å². The van der Waals surface area contributed by atoms with Gasteiger partial charge in [0.25, 0.3) is 0 Å². The van der Waals surface area contributed by atoms with E-state index in [2.05, 4.69) is 10.2 Å². The molecule has 0 saturated carbocycles. The first-order valence-corrected chi connectivity index (χ1v) is 5.98. The van der Waals surface area contributed by atoms with Crippen LogP contribution in [0.5, 0.6) is 5.75 Å². The minimum atomic E-state index is -0.489. The Bertz CT molecular complexity index is 638. The Kier molecular flexibility index (Phi) is 3.94. The van der Waals surface area contributed by atoms with Gasteiger partial charge in [-0.25, -0.2) is 0 Å². The Hall–Kier alpha value is -2.48. The molecule has 1 aromatic heterocycles. The van der Waals surface area contributed by atoms with Gasteiger partial charge in [-0.05, 0) is 18.6 Å². The van der Waals surface area contributed by atoms with Crippen LogP contribution < -0.4 is 10.5 Å². The Labute approximate surface area is 115 Å². The van der Waals surface area contributed by atoms with Gasteiger partial charge in [0.05, 0.1) is 4.92 Å². The minimum Gasteiger partial charge on any atom is -0.479 e. The van der Waals surface area contributed by atoms with Gasteiger partial charge >= 0.3 is 5.69 Å². The molecule has 8 heteroatoms. The SMILES string of the molecule is Cc1nnc(COc2cc(CN)ccc2[N+](=O)[O-])n1C. The molecule has 106 valence electrons. The van der Waals surface area contributed by atoms with Crippen LogP contribution in [-0.2, 0) is 20.2 Å². The zero-order valence-corrected chi connectivity index (χ0v) is 11.2. The van der Waals surface area contributed by atoms with E-state index in [0.717, 1.165) is 11.4 Å². The molecule has 0 amide bonds. The van der Waals surface area contributed by atoms with Crippen molar-refractivity contribution >= 4 is 5.69 Å². The number of nitrogens with two attached hydrogens (primary N) is 1. The van der Waals surface area contributed by atoms with Crippen molar-refractivity contribution < 1.29 is 9.66 Å². The average Bonchev–Trinajstić information content (AvgIpc) is 2.76. The van der Waals surface area contributed by atoms with Crippen molar-refractivity contribution in [2.75, 3.05) is 0 Å². The van der Waals surface area contributed by atoms with Crippen LogP contribution in [0.3, 0.4) is 0 Å². The van der Waals surface area contributed by atoms with Crippen molar-refractivity contribution in [1.29, 1.82) is 0 Å². The van der Waals surface area contributed by atoms with Crippen LogP contribution in [0.2, 0.25) is 0 Å². The third kappa shape index (κ3) is 2.75. The van der Waals surface area contributed by atoms with Crippen LogP contribution in [0.1, 0.15) is 17.2 Å². The lowest BCUT2D eigenvalue weighted by molar-refractivity contribution is -0.386. The molecule has 0 unspecified atom stereocenters. The summed E-state index contributed by atoms with van der Waals surface area (Å²) in [6.45, 7) is 2.21. The molecule has 0 aliphatic heterocycles. The fourth-order valence-corrected chi connectivity index (χ4v) is 1.67. The summed E-state index contributed by atoms with van der Waals surface area (Å²) in [6, 6.07) is 4.57. The summed E-state index contributed by atoms with van der Waals surface area (Å²) in [5.74, 6) is 1.52. The highest BCUT2D eigenvalue weighted by Crippen LogP contribution is 2.28. The maximum Gasteiger partial charge on any atom is 0.310 e. The third-order valence-corrected chi connectivity index (χ3v) is 3.00. The molecule has 1 heterocycles. The molecule has 0 aliphatic carbocycles. The molecule has 8 nitrogen and oxygen atoms in total. The van der Waals surface area contributed by atoms with Crippen LogP contribution in [-0.4, -0.2) is 19.7 Å².